The van der Waals surface area contributed by atoms with Gasteiger partial charge in [0.25, 0.3) is 0 Å². The first-order chi connectivity index (χ1) is 21.0. The molecule has 0 aromatic heterocycles. The van der Waals surface area contributed by atoms with Gasteiger partial charge in [0.1, 0.15) is 23.9 Å². The van der Waals surface area contributed by atoms with Gasteiger partial charge in [-0.25, -0.2) is 0 Å². The predicted molar refractivity (Wildman–Crippen MR) is 171 cm³/mol. The normalized spacial score (nSPS) is 33.9. The Hall–Kier alpha value is -2.58. The van der Waals surface area contributed by atoms with Crippen LogP contribution in [0.1, 0.15) is 79.2 Å². The third-order valence-electron chi connectivity index (χ3n) is 9.59. The molecule has 0 radical (unpaired) electrons. The molecule has 1 N–H and O–H groups in total. The zero-order valence-electron chi connectivity index (χ0n) is 27.3. The van der Waals surface area contributed by atoms with Gasteiger partial charge in [-0.05, 0) is 75.5 Å². The first-order valence-corrected chi connectivity index (χ1v) is 16.4. The molecule has 0 bridgehead atoms. The smallest absolute Gasteiger partial charge is 0.303 e. The maximum atomic E-state index is 12.5. The minimum absolute atomic E-state index is 0.0223. The molecule has 3 aliphatic heterocycles. The first-order valence-electron chi connectivity index (χ1n) is 16.4. The van der Waals surface area contributed by atoms with Gasteiger partial charge < -0.3 is 24.1 Å². The van der Waals surface area contributed by atoms with Crippen molar-refractivity contribution in [2.75, 3.05) is 6.61 Å². The van der Waals surface area contributed by atoms with Crippen molar-refractivity contribution < 1.29 is 33.6 Å². The third-order valence-corrected chi connectivity index (χ3v) is 9.59. The molecule has 7 nitrogen and oxygen atoms in total. The monoisotopic (exact) mass is 608 g/mol. The van der Waals surface area contributed by atoms with E-state index in [2.05, 4.69) is 51.1 Å². The van der Waals surface area contributed by atoms with Crippen LogP contribution < -0.4 is 0 Å². The molecular formula is C37H52O7. The molecule has 3 heterocycles. The highest BCUT2D eigenvalue weighted by atomic mass is 16.6. The zero-order valence-corrected chi connectivity index (χ0v) is 27.3. The predicted octanol–water partition coefficient (Wildman–Crippen LogP) is 6.33. The van der Waals surface area contributed by atoms with Crippen LogP contribution in [0.4, 0.5) is 0 Å². The number of ether oxygens (including phenoxy) is 4. The summed E-state index contributed by atoms with van der Waals surface area (Å²) in [7, 11) is 0. The maximum Gasteiger partial charge on any atom is 0.303 e. The highest BCUT2D eigenvalue weighted by Gasteiger charge is 2.59. The fraction of sp³-hybridized carbons (Fsp3) is 0.622. The van der Waals surface area contributed by atoms with E-state index < -0.39 is 23.9 Å². The average molecular weight is 609 g/mol. The van der Waals surface area contributed by atoms with Crippen LogP contribution in [0.3, 0.4) is 0 Å². The third kappa shape index (κ3) is 9.46. The van der Waals surface area contributed by atoms with Crippen molar-refractivity contribution in [3.63, 3.8) is 0 Å². The van der Waals surface area contributed by atoms with E-state index in [1.165, 1.54) is 18.6 Å². The highest BCUT2D eigenvalue weighted by Crippen LogP contribution is 2.45. The standard InChI is InChI=1S/C37H52O7/c1-7-30(20-29-11-9-8-10-12-29)35-22-37(23-41-37)36(40)34(44-35)18-14-24(2)13-17-33-25(3)19-31(27(5)43-33)21-32(39)16-15-26(4)42-28(6)38/h8-16,18,25-27,30-31,33-36,40H,7,17,19-23H2,1-6H3/b16-15-,18-14+,24-13+/t25-,26-,27+,30+,31-,33-,34?,35+,36-,37-/m0/s1. The van der Waals surface area contributed by atoms with Crippen molar-refractivity contribution in [2.45, 2.75) is 122 Å². The van der Waals surface area contributed by atoms with Crippen LogP contribution >= 0.6 is 0 Å². The van der Waals surface area contributed by atoms with Gasteiger partial charge in [-0.3, -0.25) is 9.59 Å². The summed E-state index contributed by atoms with van der Waals surface area (Å²) in [5.41, 5.74) is 1.91. The first kappa shape index (κ1) is 34.3. The molecule has 1 unspecified atom stereocenters. The molecule has 1 aromatic rings. The Labute approximate surface area is 263 Å². The van der Waals surface area contributed by atoms with Crippen LogP contribution in [0, 0.1) is 17.8 Å². The van der Waals surface area contributed by atoms with Crippen molar-refractivity contribution in [3.8, 4) is 0 Å². The van der Waals surface area contributed by atoms with Gasteiger partial charge in [0.05, 0.1) is 24.9 Å². The number of aliphatic hydroxyl groups is 1. The molecule has 3 saturated heterocycles. The quantitative estimate of drug-likeness (QED) is 0.121. The number of epoxide rings is 1. The number of allylic oxidation sites excluding steroid dienone is 3. The Balaban J connectivity index is 1.30. The second kappa shape index (κ2) is 15.6. The van der Waals surface area contributed by atoms with Gasteiger partial charge >= 0.3 is 5.97 Å². The van der Waals surface area contributed by atoms with Gasteiger partial charge in [-0.2, -0.15) is 0 Å². The molecule has 44 heavy (non-hydrogen) atoms. The van der Waals surface area contributed by atoms with Crippen molar-refractivity contribution in [2.24, 2.45) is 17.8 Å². The topological polar surface area (TPSA) is 94.6 Å². The Morgan fingerprint density at radius 3 is 2.52 bits per heavy atom. The number of hydrogen-bond donors (Lipinski definition) is 1. The zero-order chi connectivity index (χ0) is 31.9. The van der Waals surface area contributed by atoms with Crippen molar-refractivity contribution in [3.05, 3.63) is 71.8 Å². The van der Waals surface area contributed by atoms with E-state index >= 15 is 0 Å². The van der Waals surface area contributed by atoms with E-state index in [1.54, 1.807) is 13.0 Å². The largest absolute Gasteiger partial charge is 0.459 e. The number of carbonyl (C=O) groups excluding carboxylic acids is 2. The molecule has 1 spiro atoms. The lowest BCUT2D eigenvalue weighted by Gasteiger charge is -2.40. The van der Waals surface area contributed by atoms with Crippen molar-refractivity contribution in [1.82, 2.24) is 0 Å². The van der Waals surface area contributed by atoms with E-state index in [0.29, 0.717) is 24.9 Å². The summed E-state index contributed by atoms with van der Waals surface area (Å²) < 4.78 is 23.8. The lowest BCUT2D eigenvalue weighted by atomic mass is 9.81. The SMILES string of the molecule is CC[C@H](Cc1ccccc1)[C@H]1C[C@]2(CO2)[C@@H](O)C(/C=C/C(C)=C/C[C@@H]2O[C@H](C)[C@H](CC(=O)/C=C\[C@H](C)OC(C)=O)C[C@@H]2C)O1. The molecule has 10 atom stereocenters. The van der Waals surface area contributed by atoms with Gasteiger partial charge in [0.15, 0.2) is 5.78 Å². The summed E-state index contributed by atoms with van der Waals surface area (Å²) in [5.74, 6) is 0.473. The van der Waals surface area contributed by atoms with E-state index in [0.717, 1.165) is 37.7 Å². The molecule has 242 valence electrons. The summed E-state index contributed by atoms with van der Waals surface area (Å²) >= 11 is 0. The molecule has 0 amide bonds. The number of esters is 1. The van der Waals surface area contributed by atoms with Gasteiger partial charge in [-0.1, -0.05) is 74.4 Å². The molecule has 4 rings (SSSR count). The molecule has 1 aromatic carbocycles. The number of ketones is 1. The molecular weight excluding hydrogens is 556 g/mol. The average Bonchev–Trinajstić information content (AvgIpc) is 3.76. The van der Waals surface area contributed by atoms with Crippen molar-refractivity contribution >= 4 is 11.8 Å². The minimum atomic E-state index is -0.682. The fourth-order valence-corrected chi connectivity index (χ4v) is 6.72. The molecule has 3 aliphatic rings. The Bertz CT molecular complexity index is 1180. The summed E-state index contributed by atoms with van der Waals surface area (Å²) in [4.78, 5) is 23.6. The number of hydrogen-bond acceptors (Lipinski definition) is 7. The van der Waals surface area contributed by atoms with Crippen LogP contribution in [0.25, 0.3) is 0 Å². The van der Waals surface area contributed by atoms with E-state index in [-0.39, 0.29) is 36.0 Å². The van der Waals surface area contributed by atoms with E-state index in [1.807, 2.05) is 25.1 Å². The van der Waals surface area contributed by atoms with Gasteiger partial charge in [0.2, 0.25) is 0 Å². The van der Waals surface area contributed by atoms with Gasteiger partial charge in [0, 0.05) is 19.8 Å². The van der Waals surface area contributed by atoms with E-state index in [9.17, 15) is 14.7 Å². The number of carbonyl (C=O) groups is 2. The molecule has 3 fully saturated rings. The second-order valence-electron chi connectivity index (χ2n) is 13.2. The highest BCUT2D eigenvalue weighted by molar-refractivity contribution is 5.89. The van der Waals surface area contributed by atoms with Crippen LogP contribution in [-0.4, -0.2) is 65.7 Å². The Morgan fingerprint density at radius 2 is 1.86 bits per heavy atom. The molecule has 0 saturated carbocycles. The maximum absolute atomic E-state index is 12.5. The van der Waals surface area contributed by atoms with Crippen LogP contribution in [-0.2, 0) is 35.0 Å². The summed E-state index contributed by atoms with van der Waals surface area (Å²) in [5, 5.41) is 11.1. The molecule has 0 aliphatic carbocycles. The van der Waals surface area contributed by atoms with Crippen LogP contribution in [0.15, 0.2) is 66.3 Å². The van der Waals surface area contributed by atoms with E-state index in [4.69, 9.17) is 18.9 Å². The second-order valence-corrected chi connectivity index (χ2v) is 13.2. The lowest BCUT2D eigenvalue weighted by Crippen LogP contribution is -2.52. The number of rotatable bonds is 13. The minimum Gasteiger partial charge on any atom is -0.459 e. The number of benzene rings is 1. The molecule has 7 heteroatoms. The summed E-state index contributed by atoms with van der Waals surface area (Å²) in [6.07, 6.45) is 12.7. The summed E-state index contributed by atoms with van der Waals surface area (Å²) in [6.45, 7) is 12.2. The fourth-order valence-electron chi connectivity index (χ4n) is 6.72. The Morgan fingerprint density at radius 1 is 1.14 bits per heavy atom. The Kier molecular flexibility index (Phi) is 12.2. The van der Waals surface area contributed by atoms with Gasteiger partial charge in [-0.15, -0.1) is 0 Å². The lowest BCUT2D eigenvalue weighted by molar-refractivity contribution is -0.149. The number of aliphatic hydroxyl groups excluding tert-OH is 1. The van der Waals surface area contributed by atoms with Crippen LogP contribution in [0.5, 0.6) is 0 Å². The summed E-state index contributed by atoms with van der Waals surface area (Å²) in [6, 6.07) is 10.5. The van der Waals surface area contributed by atoms with Crippen LogP contribution in [0.2, 0.25) is 0 Å². The van der Waals surface area contributed by atoms with Crippen molar-refractivity contribution in [1.29, 1.82) is 0 Å².